The number of hydrogen-bond donors (Lipinski definition) is 1. The van der Waals surface area contributed by atoms with Crippen molar-refractivity contribution in [1.82, 2.24) is 19.9 Å². The summed E-state index contributed by atoms with van der Waals surface area (Å²) in [5, 5.41) is 7.80. The molecular formula is C13H17N5O2S. The Morgan fingerprint density at radius 1 is 1.52 bits per heavy atom. The van der Waals surface area contributed by atoms with E-state index in [1.807, 2.05) is 0 Å². The minimum atomic E-state index is -0.167. The molecule has 0 aromatic carbocycles. The Balaban J connectivity index is 1.91. The third-order valence-electron chi connectivity index (χ3n) is 3.67. The number of fused-ring (bicyclic) bond motifs is 1. The molecule has 3 rings (SSSR count). The van der Waals surface area contributed by atoms with Gasteiger partial charge in [-0.3, -0.25) is 9.59 Å². The van der Waals surface area contributed by atoms with Crippen LogP contribution in [0.5, 0.6) is 0 Å². The first-order chi connectivity index (χ1) is 10.1. The van der Waals surface area contributed by atoms with E-state index in [0.29, 0.717) is 17.2 Å². The molecule has 1 atom stereocenters. The number of anilines is 1. The zero-order chi connectivity index (χ0) is 15.0. The monoisotopic (exact) mass is 307 g/mol. The Morgan fingerprint density at radius 3 is 3.10 bits per heavy atom. The molecule has 21 heavy (non-hydrogen) atoms. The van der Waals surface area contributed by atoms with Crippen LogP contribution in [0.2, 0.25) is 0 Å². The van der Waals surface area contributed by atoms with Crippen LogP contribution in [-0.2, 0) is 4.79 Å². The summed E-state index contributed by atoms with van der Waals surface area (Å²) >= 11 is 1.39. The van der Waals surface area contributed by atoms with Crippen LogP contribution >= 0.6 is 11.3 Å². The van der Waals surface area contributed by atoms with E-state index in [1.165, 1.54) is 21.9 Å². The lowest BCUT2D eigenvalue weighted by molar-refractivity contribution is -0.124. The van der Waals surface area contributed by atoms with Crippen LogP contribution in [0.15, 0.2) is 10.9 Å². The van der Waals surface area contributed by atoms with E-state index in [9.17, 15) is 9.59 Å². The summed E-state index contributed by atoms with van der Waals surface area (Å²) in [5.74, 6) is 0.0362. The molecule has 1 aliphatic heterocycles. The maximum Gasteiger partial charge on any atom is 0.275 e. The van der Waals surface area contributed by atoms with Gasteiger partial charge < -0.3 is 10.2 Å². The average molecular weight is 307 g/mol. The summed E-state index contributed by atoms with van der Waals surface area (Å²) in [7, 11) is 1.66. The fraction of sp³-hybridized carbons (Fsp3) is 0.538. The van der Waals surface area contributed by atoms with Crippen LogP contribution in [-0.4, -0.2) is 40.6 Å². The molecule has 3 heterocycles. The van der Waals surface area contributed by atoms with Crippen molar-refractivity contribution in [2.75, 3.05) is 25.0 Å². The Bertz CT molecular complexity index is 738. The Kier molecular flexibility index (Phi) is 3.62. The van der Waals surface area contributed by atoms with Gasteiger partial charge in [0.15, 0.2) is 0 Å². The van der Waals surface area contributed by atoms with Crippen LogP contribution in [0.25, 0.3) is 4.96 Å². The van der Waals surface area contributed by atoms with Gasteiger partial charge in [0.1, 0.15) is 0 Å². The number of carbonyl (C=O) groups is 1. The first-order valence-electron chi connectivity index (χ1n) is 6.92. The number of nitrogens with zero attached hydrogens (tertiary/aromatic N) is 4. The number of hydrogen-bond acceptors (Lipinski definition) is 6. The van der Waals surface area contributed by atoms with Gasteiger partial charge in [0.05, 0.1) is 5.92 Å². The predicted octanol–water partition coefficient (Wildman–Crippen LogP) is 0.422. The molecule has 1 aliphatic rings. The topological polar surface area (TPSA) is 79.6 Å². The van der Waals surface area contributed by atoms with E-state index in [-0.39, 0.29) is 17.4 Å². The number of aromatic nitrogens is 3. The largest absolute Gasteiger partial charge is 0.359 e. The van der Waals surface area contributed by atoms with Crippen molar-refractivity contribution >= 4 is 27.3 Å². The molecule has 1 fully saturated rings. The van der Waals surface area contributed by atoms with Crippen molar-refractivity contribution in [3.05, 3.63) is 22.1 Å². The molecule has 1 N–H and O–H groups in total. The van der Waals surface area contributed by atoms with Crippen LogP contribution in [0.1, 0.15) is 18.5 Å². The van der Waals surface area contributed by atoms with Crippen molar-refractivity contribution in [2.24, 2.45) is 5.92 Å². The summed E-state index contributed by atoms with van der Waals surface area (Å²) < 4.78 is 1.33. The van der Waals surface area contributed by atoms with Crippen molar-refractivity contribution in [1.29, 1.82) is 0 Å². The lowest BCUT2D eigenvalue weighted by Crippen LogP contribution is -2.42. The Labute approximate surface area is 125 Å². The number of carbonyl (C=O) groups excluding carboxylic acids is 1. The molecule has 8 heteroatoms. The second-order valence-electron chi connectivity index (χ2n) is 5.21. The Hall–Kier alpha value is -1.96. The van der Waals surface area contributed by atoms with Gasteiger partial charge >= 0.3 is 0 Å². The minimum Gasteiger partial charge on any atom is -0.359 e. The van der Waals surface area contributed by atoms with Crippen LogP contribution < -0.4 is 15.8 Å². The quantitative estimate of drug-likeness (QED) is 0.870. The van der Waals surface area contributed by atoms with Gasteiger partial charge in [-0.1, -0.05) is 11.3 Å². The second kappa shape index (κ2) is 5.44. The van der Waals surface area contributed by atoms with Crippen molar-refractivity contribution < 1.29 is 4.79 Å². The number of aryl methyl sites for hydroxylation is 1. The third-order valence-corrected chi connectivity index (χ3v) is 4.64. The standard InChI is InChI=1S/C13H17N5O2S/c1-8-6-10(19)18-12(15-8)21-13(16-18)17-5-3-4-9(7-17)11(20)14-2/h6,9H,3-5,7H2,1-2H3,(H,14,20)/t9-/m0/s1. The van der Waals surface area contributed by atoms with E-state index < -0.39 is 0 Å². The normalized spacial score (nSPS) is 19.0. The number of piperidine rings is 1. The zero-order valence-electron chi connectivity index (χ0n) is 12.0. The highest BCUT2D eigenvalue weighted by Crippen LogP contribution is 2.26. The highest BCUT2D eigenvalue weighted by molar-refractivity contribution is 7.20. The van der Waals surface area contributed by atoms with Crippen LogP contribution in [0.3, 0.4) is 0 Å². The minimum absolute atomic E-state index is 0.0258. The Morgan fingerprint density at radius 2 is 2.33 bits per heavy atom. The molecule has 2 aromatic heterocycles. The van der Waals surface area contributed by atoms with Gasteiger partial charge in [-0.25, -0.2) is 4.98 Å². The number of nitrogens with one attached hydrogen (secondary N) is 1. The van der Waals surface area contributed by atoms with E-state index >= 15 is 0 Å². The number of rotatable bonds is 2. The van der Waals surface area contributed by atoms with Gasteiger partial charge in [-0.15, -0.1) is 5.10 Å². The predicted molar refractivity (Wildman–Crippen MR) is 80.9 cm³/mol. The van der Waals surface area contributed by atoms with Gasteiger partial charge in [-0.2, -0.15) is 4.52 Å². The van der Waals surface area contributed by atoms with Gasteiger partial charge in [0.25, 0.3) is 5.56 Å². The van der Waals surface area contributed by atoms with Crippen molar-refractivity contribution in [2.45, 2.75) is 19.8 Å². The first-order valence-corrected chi connectivity index (χ1v) is 7.74. The lowest BCUT2D eigenvalue weighted by atomic mass is 9.98. The van der Waals surface area contributed by atoms with E-state index in [1.54, 1.807) is 14.0 Å². The highest BCUT2D eigenvalue weighted by atomic mass is 32.1. The highest BCUT2D eigenvalue weighted by Gasteiger charge is 2.27. The molecule has 0 aliphatic carbocycles. The van der Waals surface area contributed by atoms with Crippen molar-refractivity contribution in [3.8, 4) is 0 Å². The number of amides is 1. The summed E-state index contributed by atoms with van der Waals surface area (Å²) in [6.45, 7) is 3.28. The fourth-order valence-corrected chi connectivity index (χ4v) is 3.59. The molecule has 112 valence electrons. The van der Waals surface area contributed by atoms with Gasteiger partial charge in [0, 0.05) is 31.9 Å². The van der Waals surface area contributed by atoms with E-state index in [4.69, 9.17) is 0 Å². The average Bonchev–Trinajstić information content (AvgIpc) is 2.91. The maximum absolute atomic E-state index is 11.9. The first kappa shape index (κ1) is 14.0. The SMILES string of the molecule is CNC(=O)[C@H]1CCCN(c2nn3c(=O)cc(C)nc3s2)C1. The summed E-state index contributed by atoms with van der Waals surface area (Å²) in [4.78, 5) is 30.7. The molecule has 0 radical (unpaired) electrons. The van der Waals surface area contributed by atoms with Gasteiger partial charge in [-0.05, 0) is 19.8 Å². The lowest BCUT2D eigenvalue weighted by Gasteiger charge is -2.31. The fourth-order valence-electron chi connectivity index (χ4n) is 2.61. The van der Waals surface area contributed by atoms with Crippen LogP contribution in [0.4, 0.5) is 5.13 Å². The molecule has 0 spiro atoms. The molecule has 0 saturated carbocycles. The molecule has 0 bridgehead atoms. The zero-order valence-corrected chi connectivity index (χ0v) is 12.8. The summed E-state index contributed by atoms with van der Waals surface area (Å²) in [6.07, 6.45) is 1.83. The van der Waals surface area contributed by atoms with Crippen molar-refractivity contribution in [3.63, 3.8) is 0 Å². The van der Waals surface area contributed by atoms with E-state index in [2.05, 4.69) is 20.3 Å². The molecule has 1 saturated heterocycles. The molecule has 1 amide bonds. The summed E-state index contributed by atoms with van der Waals surface area (Å²) in [6, 6.07) is 1.47. The molecule has 7 nitrogen and oxygen atoms in total. The summed E-state index contributed by atoms with van der Waals surface area (Å²) in [5.41, 5.74) is 0.525. The molecule has 2 aromatic rings. The van der Waals surface area contributed by atoms with E-state index in [0.717, 1.165) is 24.5 Å². The second-order valence-corrected chi connectivity index (χ2v) is 6.15. The third kappa shape index (κ3) is 2.63. The van der Waals surface area contributed by atoms with Crippen LogP contribution in [0, 0.1) is 12.8 Å². The smallest absolute Gasteiger partial charge is 0.275 e. The maximum atomic E-state index is 11.9. The van der Waals surface area contributed by atoms with Gasteiger partial charge in [0.2, 0.25) is 16.0 Å². The molecule has 0 unspecified atom stereocenters. The molecular weight excluding hydrogens is 290 g/mol.